The van der Waals surface area contributed by atoms with Gasteiger partial charge in [0.2, 0.25) is 17.7 Å². The van der Waals surface area contributed by atoms with Crippen LogP contribution in [0, 0.1) is 11.8 Å². The van der Waals surface area contributed by atoms with E-state index in [0.29, 0.717) is 29.1 Å². The molecule has 8 heteroatoms. The normalized spacial score (nSPS) is 25.9. The lowest BCUT2D eigenvalue weighted by molar-refractivity contribution is -0.142. The summed E-state index contributed by atoms with van der Waals surface area (Å²) in [5.41, 5.74) is 2.83. The number of carbonyl (C=O) groups excluding carboxylic acids is 3. The number of aromatic amines is 1. The number of carbonyl (C=O) groups is 3. The van der Waals surface area contributed by atoms with Gasteiger partial charge in [-0.25, -0.2) is 0 Å². The summed E-state index contributed by atoms with van der Waals surface area (Å²) in [6.07, 6.45) is 2.99. The fourth-order valence-corrected chi connectivity index (χ4v) is 6.89. The van der Waals surface area contributed by atoms with Gasteiger partial charge in [0.05, 0.1) is 22.5 Å². The van der Waals surface area contributed by atoms with E-state index in [0.717, 1.165) is 22.0 Å². The number of amides is 3. The zero-order valence-electron chi connectivity index (χ0n) is 20.4. The van der Waals surface area contributed by atoms with Crippen molar-refractivity contribution in [1.29, 1.82) is 0 Å². The quantitative estimate of drug-likeness (QED) is 0.344. The zero-order chi connectivity index (χ0) is 26.0. The Kier molecular flexibility index (Phi) is 5.22. The predicted octanol–water partition coefficient (Wildman–Crippen LogP) is 4.03. The number of aromatic nitrogens is 1. The third-order valence-corrected chi connectivity index (χ3v) is 8.69. The van der Waals surface area contributed by atoms with Crippen molar-refractivity contribution < 1.29 is 14.4 Å². The van der Waals surface area contributed by atoms with Crippen molar-refractivity contribution >= 4 is 45.9 Å². The highest BCUT2D eigenvalue weighted by molar-refractivity contribution is 6.35. The molecule has 3 amide bonds. The van der Waals surface area contributed by atoms with E-state index in [2.05, 4.69) is 15.6 Å². The summed E-state index contributed by atoms with van der Waals surface area (Å²) >= 11 is 6.46. The van der Waals surface area contributed by atoms with E-state index in [1.165, 1.54) is 4.90 Å². The van der Waals surface area contributed by atoms with Crippen LogP contribution in [0.1, 0.15) is 16.7 Å². The number of hydrogen-bond donors (Lipinski definition) is 3. The highest BCUT2D eigenvalue weighted by atomic mass is 35.5. The van der Waals surface area contributed by atoms with Crippen LogP contribution in [0.3, 0.4) is 0 Å². The number of para-hydroxylation sites is 2. The summed E-state index contributed by atoms with van der Waals surface area (Å²) in [5, 5.41) is 7.88. The molecule has 2 fully saturated rings. The van der Waals surface area contributed by atoms with Crippen molar-refractivity contribution in [2.45, 2.75) is 24.4 Å². The Morgan fingerprint density at radius 2 is 1.68 bits per heavy atom. The van der Waals surface area contributed by atoms with E-state index < -0.39 is 23.4 Å². The van der Waals surface area contributed by atoms with E-state index in [-0.39, 0.29) is 24.3 Å². The fraction of sp³-hybridized carbons (Fsp3) is 0.233. The third-order valence-electron chi connectivity index (χ3n) is 8.37. The third kappa shape index (κ3) is 3.22. The number of fused-ring (bicyclic) bond motifs is 5. The van der Waals surface area contributed by atoms with Crippen LogP contribution in [0.2, 0.25) is 5.02 Å². The number of nitrogens with zero attached hydrogens (tertiary/aromatic N) is 1. The average molecular weight is 525 g/mol. The molecule has 38 heavy (non-hydrogen) atoms. The number of benzene rings is 3. The monoisotopic (exact) mass is 524 g/mol. The molecule has 3 N–H and O–H groups in total. The van der Waals surface area contributed by atoms with Crippen LogP contribution in [0.15, 0.2) is 79.0 Å². The van der Waals surface area contributed by atoms with Gasteiger partial charge in [-0.1, -0.05) is 72.3 Å². The van der Waals surface area contributed by atoms with E-state index in [1.54, 1.807) is 12.1 Å². The molecule has 1 aromatic heterocycles. The molecule has 3 aromatic carbocycles. The van der Waals surface area contributed by atoms with E-state index in [4.69, 9.17) is 11.6 Å². The van der Waals surface area contributed by atoms with Crippen molar-refractivity contribution in [2.75, 3.05) is 11.9 Å². The topological polar surface area (TPSA) is 94.3 Å². The number of anilines is 1. The maximum atomic E-state index is 14.0. The molecule has 1 spiro atoms. The standard InChI is InChI=1S/C30H25ClN4O3/c31-21-11-6-10-20-26(21)33-29(38)30(20)25-24(23(34-30)15-18-16-32-22-12-5-4-9-19(18)22)27(36)35(28(25)37)14-13-17-7-2-1-3-8-17/h1-12,16,23-25,32,34H,13-15H2,(H,33,38)/t23-,24-,25+,30-/m1/s1. The van der Waals surface area contributed by atoms with E-state index >= 15 is 0 Å². The van der Waals surface area contributed by atoms with Crippen LogP contribution >= 0.6 is 11.6 Å². The van der Waals surface area contributed by atoms with Crippen LogP contribution in [-0.2, 0) is 32.8 Å². The number of imide groups is 1. The minimum Gasteiger partial charge on any atom is -0.361 e. The van der Waals surface area contributed by atoms with Crippen molar-refractivity contribution in [3.8, 4) is 0 Å². The molecule has 7 rings (SSSR count). The molecule has 4 heterocycles. The molecule has 2 saturated heterocycles. The Balaban J connectivity index is 1.30. The minimum absolute atomic E-state index is 0.228. The molecule has 0 saturated carbocycles. The molecule has 190 valence electrons. The van der Waals surface area contributed by atoms with Gasteiger partial charge in [-0.15, -0.1) is 0 Å². The highest BCUT2D eigenvalue weighted by Gasteiger charge is 2.70. The molecule has 4 atom stereocenters. The fourth-order valence-electron chi connectivity index (χ4n) is 6.67. The van der Waals surface area contributed by atoms with Crippen LogP contribution in [0.25, 0.3) is 10.9 Å². The zero-order valence-corrected chi connectivity index (χ0v) is 21.2. The molecule has 0 radical (unpaired) electrons. The van der Waals surface area contributed by atoms with Gasteiger partial charge in [-0.2, -0.15) is 0 Å². The first kappa shape index (κ1) is 23.2. The minimum atomic E-state index is -1.37. The summed E-state index contributed by atoms with van der Waals surface area (Å²) in [6, 6.07) is 22.7. The first-order valence-corrected chi connectivity index (χ1v) is 13.2. The SMILES string of the molecule is O=C1[C@H]2[C@@H](C(=O)N1CCc1ccccc1)[C@@]1(N[C@@H]2Cc2c[nH]c3ccccc23)C(=O)Nc2c(Cl)cccc21. The molecule has 3 aliphatic rings. The second kappa shape index (κ2) is 8.55. The number of nitrogens with one attached hydrogen (secondary N) is 3. The van der Waals surface area contributed by atoms with E-state index in [1.807, 2.05) is 66.9 Å². The summed E-state index contributed by atoms with van der Waals surface area (Å²) in [7, 11) is 0. The van der Waals surface area contributed by atoms with Gasteiger partial charge in [-0.05, 0) is 36.1 Å². The Bertz CT molecular complexity index is 1620. The van der Waals surface area contributed by atoms with Crippen LogP contribution in [0.4, 0.5) is 5.69 Å². The lowest BCUT2D eigenvalue weighted by atomic mass is 9.76. The predicted molar refractivity (Wildman–Crippen MR) is 145 cm³/mol. The maximum absolute atomic E-state index is 14.0. The van der Waals surface area contributed by atoms with Gasteiger partial charge in [0.25, 0.3) is 0 Å². The molecular formula is C30H25ClN4O3. The number of likely N-dealkylation sites (tertiary alicyclic amines) is 1. The van der Waals surface area contributed by atoms with Gasteiger partial charge in [0, 0.05) is 35.2 Å². The number of H-pyrrole nitrogens is 1. The second-order valence-electron chi connectivity index (χ2n) is 10.3. The largest absolute Gasteiger partial charge is 0.361 e. The summed E-state index contributed by atoms with van der Waals surface area (Å²) in [4.78, 5) is 46.4. The van der Waals surface area contributed by atoms with Crippen LogP contribution in [-0.4, -0.2) is 40.2 Å². The Morgan fingerprint density at radius 3 is 2.53 bits per heavy atom. The number of hydrogen-bond acceptors (Lipinski definition) is 4. The molecule has 7 nitrogen and oxygen atoms in total. The lowest BCUT2D eigenvalue weighted by Crippen LogP contribution is -2.53. The lowest BCUT2D eigenvalue weighted by Gasteiger charge is -2.29. The molecule has 3 aliphatic heterocycles. The first-order chi connectivity index (χ1) is 18.5. The van der Waals surface area contributed by atoms with Crippen molar-refractivity contribution in [2.24, 2.45) is 11.8 Å². The van der Waals surface area contributed by atoms with Crippen molar-refractivity contribution in [1.82, 2.24) is 15.2 Å². The summed E-state index contributed by atoms with van der Waals surface area (Å²) in [6.45, 7) is 0.272. The first-order valence-electron chi connectivity index (χ1n) is 12.8. The van der Waals surface area contributed by atoms with Crippen LogP contribution < -0.4 is 10.6 Å². The Morgan fingerprint density at radius 1 is 0.895 bits per heavy atom. The smallest absolute Gasteiger partial charge is 0.250 e. The molecule has 0 bridgehead atoms. The van der Waals surface area contributed by atoms with Gasteiger partial charge in [0.15, 0.2) is 0 Å². The summed E-state index contributed by atoms with van der Waals surface area (Å²) in [5.74, 6) is -2.42. The van der Waals surface area contributed by atoms with Crippen LogP contribution in [0.5, 0.6) is 0 Å². The molecule has 0 unspecified atom stereocenters. The van der Waals surface area contributed by atoms with E-state index in [9.17, 15) is 14.4 Å². The van der Waals surface area contributed by atoms with Gasteiger partial charge in [0.1, 0.15) is 5.54 Å². The highest BCUT2D eigenvalue weighted by Crippen LogP contribution is 2.54. The summed E-state index contributed by atoms with van der Waals surface area (Å²) < 4.78 is 0. The maximum Gasteiger partial charge on any atom is 0.250 e. The number of halogens is 1. The Labute approximate surface area is 224 Å². The van der Waals surface area contributed by atoms with Gasteiger partial charge >= 0.3 is 0 Å². The Hall–Kier alpha value is -3.94. The molecule has 4 aromatic rings. The van der Waals surface area contributed by atoms with Gasteiger partial charge in [-0.3, -0.25) is 24.6 Å². The molecule has 0 aliphatic carbocycles. The molecular weight excluding hydrogens is 500 g/mol. The van der Waals surface area contributed by atoms with Crippen molar-refractivity contribution in [3.05, 3.63) is 101 Å². The number of rotatable bonds is 5. The van der Waals surface area contributed by atoms with Crippen molar-refractivity contribution in [3.63, 3.8) is 0 Å². The average Bonchev–Trinajstić information content (AvgIpc) is 3.64. The second-order valence-corrected chi connectivity index (χ2v) is 10.7. The van der Waals surface area contributed by atoms with Gasteiger partial charge < -0.3 is 10.3 Å².